The minimum absolute atomic E-state index is 0.136. The number of phosphoric ester groups is 1. The number of carboxylic acid groups (broad SMARTS) is 1. The van der Waals surface area contributed by atoms with Crippen LogP contribution in [0.5, 0.6) is 0 Å². The molecular formula is C4H10NO6P. The molecule has 0 aliphatic carbocycles. The van der Waals surface area contributed by atoms with Gasteiger partial charge in [-0.2, -0.15) is 0 Å². The summed E-state index contributed by atoms with van der Waals surface area (Å²) in [5.74, 6) is -1.23. The number of carbonyl (C=O) groups is 1. The van der Waals surface area contributed by atoms with E-state index in [1.54, 1.807) is 0 Å². The van der Waals surface area contributed by atoms with E-state index in [9.17, 15) is 9.36 Å². The fourth-order valence-electron chi connectivity index (χ4n) is 0.419. The van der Waals surface area contributed by atoms with Crippen molar-refractivity contribution >= 4 is 13.8 Å². The van der Waals surface area contributed by atoms with Crippen molar-refractivity contribution in [3.05, 3.63) is 0 Å². The summed E-state index contributed by atoms with van der Waals surface area (Å²) in [6.45, 7) is -0.361. The van der Waals surface area contributed by atoms with E-state index in [-0.39, 0.29) is 13.0 Å². The molecule has 0 fully saturated rings. The summed E-state index contributed by atoms with van der Waals surface area (Å²) in [7, 11) is -4.34. The fourth-order valence-corrected chi connectivity index (χ4v) is 0.755. The van der Waals surface area contributed by atoms with E-state index in [2.05, 4.69) is 9.42 Å². The molecule has 2 atom stereocenters. The van der Waals surface area contributed by atoms with Crippen LogP contribution in [-0.2, 0) is 13.9 Å². The molecule has 0 aromatic rings. The summed E-state index contributed by atoms with van der Waals surface area (Å²) in [6.07, 6.45) is -0.136. The monoisotopic (exact) mass is 200 g/mol. The van der Waals surface area contributed by atoms with Gasteiger partial charge in [0.05, 0.1) is 6.61 Å². The standard InChI is InChI=1S/C4H10NO6P/c5-3(4(6)7)1-2-11-12(8,9)10/h3H,1-2,5H2,(H,6,7)(H2,8,9,10)/t3-/m0/s1/i/hD. The second-order valence-electron chi connectivity index (χ2n) is 2.04. The Kier molecular flexibility index (Phi) is 3.64. The van der Waals surface area contributed by atoms with E-state index in [0.29, 0.717) is 0 Å². The van der Waals surface area contributed by atoms with Gasteiger partial charge in [-0.25, -0.2) is 4.57 Å². The molecule has 1 unspecified atom stereocenters. The van der Waals surface area contributed by atoms with Crippen LogP contribution in [0.2, 0.25) is 0 Å². The Morgan fingerprint density at radius 2 is 2.42 bits per heavy atom. The van der Waals surface area contributed by atoms with Crippen LogP contribution in [-0.4, -0.2) is 34.9 Å². The van der Waals surface area contributed by atoms with Crippen LogP contribution in [0.25, 0.3) is 0 Å². The van der Waals surface area contributed by atoms with E-state index in [1.165, 1.54) is 0 Å². The van der Waals surface area contributed by atoms with Gasteiger partial charge in [-0.1, -0.05) is 0 Å². The first kappa shape index (κ1) is 9.63. The van der Waals surface area contributed by atoms with Crippen molar-refractivity contribution in [3.63, 3.8) is 0 Å². The highest BCUT2D eigenvalue weighted by Crippen LogP contribution is 2.35. The summed E-state index contributed by atoms with van der Waals surface area (Å²) >= 11 is 0. The lowest BCUT2D eigenvalue weighted by molar-refractivity contribution is -0.138. The van der Waals surface area contributed by atoms with Gasteiger partial charge in [0.1, 0.15) is 6.04 Å². The third kappa shape index (κ3) is 6.26. The smallest absolute Gasteiger partial charge is 0.469 e. The highest BCUT2D eigenvalue weighted by Gasteiger charge is 2.16. The van der Waals surface area contributed by atoms with Gasteiger partial charge < -0.3 is 20.6 Å². The maximum Gasteiger partial charge on any atom is 0.469 e. The van der Waals surface area contributed by atoms with Crippen molar-refractivity contribution in [1.29, 1.82) is 1.43 Å². The Morgan fingerprint density at radius 3 is 2.83 bits per heavy atom. The number of rotatable bonds is 6. The molecule has 0 aromatic carbocycles. The van der Waals surface area contributed by atoms with Gasteiger partial charge >= 0.3 is 13.8 Å². The predicted octanol–water partition coefficient (Wildman–Crippen LogP) is -1.10. The Hall–Kier alpha value is -0.460. The third-order valence-corrected chi connectivity index (χ3v) is 1.51. The maximum atomic E-state index is 10.5. The zero-order valence-corrected chi connectivity index (χ0v) is 6.94. The van der Waals surface area contributed by atoms with Crippen LogP contribution < -0.4 is 5.73 Å². The van der Waals surface area contributed by atoms with Crippen molar-refractivity contribution in [1.82, 2.24) is 0 Å². The van der Waals surface area contributed by atoms with Gasteiger partial charge in [0.25, 0.3) is 0 Å². The van der Waals surface area contributed by atoms with Gasteiger partial charge in [-0.3, -0.25) is 9.32 Å². The molecule has 7 nitrogen and oxygen atoms in total. The van der Waals surface area contributed by atoms with Crippen LogP contribution in [0.1, 0.15) is 6.42 Å². The number of hydrogen-bond donors (Lipinski definition) is 4. The third-order valence-electron chi connectivity index (χ3n) is 1.00. The van der Waals surface area contributed by atoms with E-state index in [0.717, 1.165) is 0 Å². The molecule has 0 saturated heterocycles. The number of phosphoric acid groups is 1. The maximum absolute atomic E-state index is 10.5. The van der Waals surface area contributed by atoms with Gasteiger partial charge in [0.2, 0.25) is 1.43 Å². The van der Waals surface area contributed by atoms with Crippen LogP contribution in [0.15, 0.2) is 0 Å². The van der Waals surface area contributed by atoms with Crippen molar-refractivity contribution in [2.45, 2.75) is 12.5 Å². The fraction of sp³-hybridized carbons (Fsp3) is 0.750. The molecule has 12 heavy (non-hydrogen) atoms. The molecule has 0 aliphatic heterocycles. The molecule has 5 N–H and O–H groups in total. The molecule has 0 spiro atoms. The van der Waals surface area contributed by atoms with Crippen molar-refractivity contribution in [2.75, 3.05) is 6.61 Å². The number of nitrogens with two attached hydrogens (primary N) is 1. The first-order valence-electron chi connectivity index (χ1n) is 3.40. The second kappa shape index (κ2) is 4.54. The topological polar surface area (TPSA) is 130 Å². The largest absolute Gasteiger partial charge is 0.480 e. The van der Waals surface area contributed by atoms with Crippen molar-refractivity contribution < 1.29 is 28.8 Å². The number of carboxylic acids is 1. The van der Waals surface area contributed by atoms with E-state index in [4.69, 9.17) is 17.2 Å². The summed E-state index contributed by atoms with van der Waals surface area (Å²) in [5.41, 5.74) is 5.05. The Labute approximate surface area is 69.9 Å². The number of aliphatic carboxylic acids is 1. The lowest BCUT2D eigenvalue weighted by Crippen LogP contribution is -2.31. The first-order chi connectivity index (χ1) is 5.89. The number of hydrogen-bond acceptors (Lipinski definition) is 5. The average Bonchev–Trinajstić information content (AvgIpc) is 2.04. The second-order valence-corrected chi connectivity index (χ2v) is 3.23. The molecule has 0 radical (unpaired) electrons. The molecule has 0 aliphatic rings. The first-order valence-corrected chi connectivity index (χ1v) is 4.49. The molecule has 72 valence electrons. The highest BCUT2D eigenvalue weighted by molar-refractivity contribution is 7.46. The molecule has 0 bridgehead atoms. The molecule has 0 amide bonds. The summed E-state index contributed by atoms with van der Waals surface area (Å²) in [4.78, 5) is 22.0. The minimum atomic E-state index is -4.34. The van der Waals surface area contributed by atoms with Crippen molar-refractivity contribution in [2.24, 2.45) is 5.73 Å². The minimum Gasteiger partial charge on any atom is -0.480 e. The van der Waals surface area contributed by atoms with E-state index in [1.807, 2.05) is 0 Å². The summed E-state index contributed by atoms with van der Waals surface area (Å²) in [6, 6.07) is -1.16. The molecule has 0 saturated carbocycles. The van der Waals surface area contributed by atoms with Crippen LogP contribution >= 0.6 is 7.82 Å². The van der Waals surface area contributed by atoms with E-state index < -0.39 is 19.8 Å². The van der Waals surface area contributed by atoms with Gasteiger partial charge in [0.15, 0.2) is 0 Å². The molecule has 8 heteroatoms. The normalized spacial score (nSPS) is 19.3. The zero-order chi connectivity index (χ0) is 10.5. The lowest BCUT2D eigenvalue weighted by Gasteiger charge is -2.07. The Morgan fingerprint density at radius 1 is 1.83 bits per heavy atom. The van der Waals surface area contributed by atoms with Gasteiger partial charge in [-0.15, -0.1) is 0 Å². The zero-order valence-electron chi connectivity index (χ0n) is 7.04. The molecule has 0 heterocycles. The summed E-state index contributed by atoms with van der Waals surface area (Å²) < 4.78 is 20.7. The van der Waals surface area contributed by atoms with Crippen molar-refractivity contribution in [3.8, 4) is 0 Å². The van der Waals surface area contributed by atoms with Crippen LogP contribution in [0.3, 0.4) is 0 Å². The highest BCUT2D eigenvalue weighted by atomic mass is 31.2. The molecule has 0 rings (SSSR count). The van der Waals surface area contributed by atoms with Crippen LogP contribution in [0, 0.1) is 0 Å². The average molecular weight is 200 g/mol. The van der Waals surface area contributed by atoms with Gasteiger partial charge in [0, 0.05) is 0 Å². The summed E-state index contributed by atoms with van der Waals surface area (Å²) in [5, 5.41) is 8.29. The van der Waals surface area contributed by atoms with E-state index >= 15 is 0 Å². The van der Waals surface area contributed by atoms with Gasteiger partial charge in [-0.05, 0) is 6.42 Å². The van der Waals surface area contributed by atoms with Crippen LogP contribution in [0.4, 0.5) is 0 Å². The molecular weight excluding hydrogens is 189 g/mol. The quantitative estimate of drug-likeness (QED) is 0.400. The Bertz CT molecular complexity index is 223. The molecule has 0 aromatic heterocycles. The predicted molar refractivity (Wildman–Crippen MR) is 38.2 cm³/mol. The Balaban J connectivity index is 3.68. The SMILES string of the molecule is [2H]OP(=O)(O)OCC[C@H](N)C(=O)O. The lowest BCUT2D eigenvalue weighted by atomic mass is 10.2.